The number of nitrogens with zero attached hydrogens (tertiary/aromatic N) is 1. The van der Waals surface area contributed by atoms with E-state index >= 15 is 0 Å². The summed E-state index contributed by atoms with van der Waals surface area (Å²) in [6.07, 6.45) is 5.13. The second-order valence-electron chi connectivity index (χ2n) is 6.49. The van der Waals surface area contributed by atoms with E-state index in [-0.39, 0.29) is 17.5 Å². The highest BCUT2D eigenvalue weighted by molar-refractivity contribution is 6.05. The first-order chi connectivity index (χ1) is 13.6. The molecule has 0 spiro atoms. The van der Waals surface area contributed by atoms with Gasteiger partial charge in [-0.05, 0) is 37.1 Å². The van der Waals surface area contributed by atoms with Crippen LogP contribution in [-0.4, -0.2) is 42.3 Å². The first-order valence-electron chi connectivity index (χ1n) is 9.31. The normalized spacial score (nSPS) is 14.2. The summed E-state index contributed by atoms with van der Waals surface area (Å²) in [4.78, 5) is 38.4. The molecule has 1 aliphatic rings. The maximum atomic E-state index is 12.6. The highest BCUT2D eigenvalue weighted by Gasteiger charge is 2.19. The molecular weight excluding hydrogens is 358 g/mol. The van der Waals surface area contributed by atoms with Gasteiger partial charge in [0.1, 0.15) is 11.5 Å². The van der Waals surface area contributed by atoms with Crippen LogP contribution in [0.3, 0.4) is 0 Å². The van der Waals surface area contributed by atoms with Crippen LogP contribution in [-0.2, 0) is 9.59 Å². The van der Waals surface area contributed by atoms with Crippen molar-refractivity contribution in [2.45, 2.75) is 19.3 Å². The zero-order chi connectivity index (χ0) is 19.8. The van der Waals surface area contributed by atoms with Crippen LogP contribution in [0.25, 0.3) is 6.08 Å². The number of carbonyl (C=O) groups is 3. The van der Waals surface area contributed by atoms with Crippen molar-refractivity contribution >= 4 is 23.8 Å². The fraction of sp³-hybridized carbons (Fsp3) is 0.286. The molecule has 1 aliphatic heterocycles. The molecule has 1 aromatic heterocycles. The van der Waals surface area contributed by atoms with Gasteiger partial charge in [-0.3, -0.25) is 14.4 Å². The van der Waals surface area contributed by atoms with Gasteiger partial charge in [0.05, 0.1) is 6.26 Å². The molecule has 0 aliphatic carbocycles. The Labute approximate surface area is 163 Å². The van der Waals surface area contributed by atoms with Gasteiger partial charge in [-0.1, -0.05) is 18.2 Å². The van der Waals surface area contributed by atoms with E-state index in [1.54, 1.807) is 36.4 Å². The van der Waals surface area contributed by atoms with E-state index in [0.29, 0.717) is 37.3 Å². The van der Waals surface area contributed by atoms with E-state index in [1.807, 2.05) is 11.0 Å². The van der Waals surface area contributed by atoms with Gasteiger partial charge in [0.2, 0.25) is 5.91 Å². The Morgan fingerprint density at radius 3 is 2.64 bits per heavy atom. The number of benzene rings is 1. The van der Waals surface area contributed by atoms with Crippen molar-refractivity contribution in [2.75, 3.05) is 19.6 Å². The fourth-order valence-electron chi connectivity index (χ4n) is 2.97. The molecule has 28 heavy (non-hydrogen) atoms. The molecule has 0 bridgehead atoms. The quantitative estimate of drug-likeness (QED) is 0.542. The summed E-state index contributed by atoms with van der Waals surface area (Å²) in [6.45, 7) is 1.80. The summed E-state index contributed by atoms with van der Waals surface area (Å²) >= 11 is 0. The monoisotopic (exact) mass is 381 g/mol. The van der Waals surface area contributed by atoms with Crippen LogP contribution in [0, 0.1) is 0 Å². The molecule has 146 valence electrons. The van der Waals surface area contributed by atoms with E-state index in [2.05, 4.69) is 10.6 Å². The van der Waals surface area contributed by atoms with Gasteiger partial charge in [-0.2, -0.15) is 0 Å². The minimum Gasteiger partial charge on any atom is -0.465 e. The van der Waals surface area contributed by atoms with E-state index in [0.717, 1.165) is 13.0 Å². The SMILES string of the molecule is O=C(NCCCN1CCCC1=O)/C(=C/c1ccco1)NC(=O)c1ccccc1. The van der Waals surface area contributed by atoms with E-state index in [9.17, 15) is 14.4 Å². The van der Waals surface area contributed by atoms with Crippen LogP contribution in [0.1, 0.15) is 35.4 Å². The molecule has 0 unspecified atom stereocenters. The average molecular weight is 381 g/mol. The smallest absolute Gasteiger partial charge is 0.267 e. The predicted octanol–water partition coefficient (Wildman–Crippen LogP) is 2.18. The minimum atomic E-state index is -0.409. The Morgan fingerprint density at radius 1 is 1.14 bits per heavy atom. The second-order valence-corrected chi connectivity index (χ2v) is 6.49. The molecule has 7 heteroatoms. The summed E-state index contributed by atoms with van der Waals surface area (Å²) in [5, 5.41) is 5.44. The van der Waals surface area contributed by atoms with Crippen LogP contribution in [0.15, 0.2) is 58.8 Å². The van der Waals surface area contributed by atoms with Crippen molar-refractivity contribution in [3.63, 3.8) is 0 Å². The van der Waals surface area contributed by atoms with Crippen molar-refractivity contribution in [1.29, 1.82) is 0 Å². The number of hydrogen-bond donors (Lipinski definition) is 2. The van der Waals surface area contributed by atoms with Gasteiger partial charge in [0.15, 0.2) is 0 Å². The Morgan fingerprint density at radius 2 is 1.96 bits per heavy atom. The van der Waals surface area contributed by atoms with Gasteiger partial charge >= 0.3 is 0 Å². The summed E-state index contributed by atoms with van der Waals surface area (Å²) in [7, 11) is 0. The molecule has 3 amide bonds. The predicted molar refractivity (Wildman–Crippen MR) is 104 cm³/mol. The van der Waals surface area contributed by atoms with Crippen molar-refractivity contribution in [1.82, 2.24) is 15.5 Å². The van der Waals surface area contributed by atoms with E-state index in [4.69, 9.17) is 4.42 Å². The summed E-state index contributed by atoms with van der Waals surface area (Å²) < 4.78 is 5.25. The largest absolute Gasteiger partial charge is 0.465 e. The average Bonchev–Trinajstić information content (AvgIpc) is 3.37. The number of carbonyl (C=O) groups excluding carboxylic acids is 3. The van der Waals surface area contributed by atoms with Crippen LogP contribution in [0.4, 0.5) is 0 Å². The third kappa shape index (κ3) is 5.33. The molecule has 2 heterocycles. The van der Waals surface area contributed by atoms with E-state index < -0.39 is 5.91 Å². The zero-order valence-corrected chi connectivity index (χ0v) is 15.5. The number of amides is 3. The zero-order valence-electron chi connectivity index (χ0n) is 15.5. The van der Waals surface area contributed by atoms with Gasteiger partial charge < -0.3 is 20.0 Å². The lowest BCUT2D eigenvalue weighted by Gasteiger charge is -2.15. The van der Waals surface area contributed by atoms with Gasteiger partial charge in [0, 0.05) is 37.7 Å². The topological polar surface area (TPSA) is 91.7 Å². The Hall–Kier alpha value is -3.35. The molecule has 0 radical (unpaired) electrons. The van der Waals surface area contributed by atoms with Crippen LogP contribution in [0.5, 0.6) is 0 Å². The molecule has 0 atom stereocenters. The first kappa shape index (κ1) is 19.4. The number of nitrogens with one attached hydrogen (secondary N) is 2. The number of furan rings is 1. The highest BCUT2D eigenvalue weighted by atomic mass is 16.3. The van der Waals surface area contributed by atoms with Crippen molar-refractivity contribution in [2.24, 2.45) is 0 Å². The molecule has 1 aromatic carbocycles. The molecule has 7 nitrogen and oxygen atoms in total. The van der Waals surface area contributed by atoms with Gasteiger partial charge in [-0.15, -0.1) is 0 Å². The Bertz CT molecular complexity index is 844. The number of likely N-dealkylation sites (tertiary alicyclic amines) is 1. The molecular formula is C21H23N3O4. The van der Waals surface area contributed by atoms with Crippen LogP contribution < -0.4 is 10.6 Å². The summed E-state index contributed by atoms with van der Waals surface area (Å²) in [5.74, 6) is -0.161. The molecule has 1 fully saturated rings. The van der Waals surface area contributed by atoms with E-state index in [1.165, 1.54) is 12.3 Å². The fourth-order valence-corrected chi connectivity index (χ4v) is 2.97. The van der Waals surface area contributed by atoms with Crippen molar-refractivity contribution < 1.29 is 18.8 Å². The maximum absolute atomic E-state index is 12.6. The lowest BCUT2D eigenvalue weighted by Crippen LogP contribution is -2.36. The summed E-state index contributed by atoms with van der Waals surface area (Å²) in [5.41, 5.74) is 0.550. The molecule has 2 aromatic rings. The van der Waals surface area contributed by atoms with Gasteiger partial charge in [-0.25, -0.2) is 0 Å². The summed E-state index contributed by atoms with van der Waals surface area (Å²) in [6, 6.07) is 12.1. The number of rotatable bonds is 8. The maximum Gasteiger partial charge on any atom is 0.267 e. The Balaban J connectivity index is 1.59. The molecule has 1 saturated heterocycles. The van der Waals surface area contributed by atoms with Crippen molar-refractivity contribution in [3.05, 3.63) is 65.7 Å². The number of hydrogen-bond acceptors (Lipinski definition) is 4. The Kier molecular flexibility index (Phi) is 6.62. The standard InChI is InChI=1S/C21H23N3O4/c25-19-10-4-12-24(19)13-6-11-22-21(27)18(15-17-9-5-14-28-17)23-20(26)16-7-2-1-3-8-16/h1-3,5,7-9,14-15H,4,6,10-13H2,(H,22,27)(H,23,26)/b18-15-. The third-order valence-electron chi connectivity index (χ3n) is 4.42. The van der Waals surface area contributed by atoms with Crippen molar-refractivity contribution in [3.8, 4) is 0 Å². The lowest BCUT2D eigenvalue weighted by molar-refractivity contribution is -0.127. The molecule has 2 N–H and O–H groups in total. The molecule has 0 saturated carbocycles. The van der Waals surface area contributed by atoms with Crippen LogP contribution >= 0.6 is 0 Å². The second kappa shape index (κ2) is 9.55. The van der Waals surface area contributed by atoms with Gasteiger partial charge in [0.25, 0.3) is 11.8 Å². The minimum absolute atomic E-state index is 0.0982. The highest BCUT2D eigenvalue weighted by Crippen LogP contribution is 2.10. The first-order valence-corrected chi connectivity index (χ1v) is 9.31. The lowest BCUT2D eigenvalue weighted by atomic mass is 10.2. The van der Waals surface area contributed by atoms with Crippen LogP contribution in [0.2, 0.25) is 0 Å². The third-order valence-corrected chi connectivity index (χ3v) is 4.42. The molecule has 3 rings (SSSR count).